The molecule has 1 aromatic heterocycles. The van der Waals surface area contributed by atoms with Crippen molar-refractivity contribution in [2.24, 2.45) is 5.73 Å². The Morgan fingerprint density at radius 3 is 2.92 bits per heavy atom. The Kier molecular flexibility index (Phi) is 2.83. The molecule has 0 aliphatic carbocycles. The van der Waals surface area contributed by atoms with Gasteiger partial charge in [-0.15, -0.1) is 11.3 Å². The number of carboxylic acids is 1. The van der Waals surface area contributed by atoms with Crippen LogP contribution < -0.4 is 5.73 Å². The summed E-state index contributed by atoms with van der Waals surface area (Å²) in [4.78, 5) is 11.4. The summed E-state index contributed by atoms with van der Waals surface area (Å²) in [6.45, 7) is 1.95. The summed E-state index contributed by atoms with van der Waals surface area (Å²) in [6.07, 6.45) is -0.00241. The van der Waals surface area contributed by atoms with E-state index in [0.717, 1.165) is 10.4 Å². The summed E-state index contributed by atoms with van der Waals surface area (Å²) in [5.41, 5.74) is 6.61. The van der Waals surface area contributed by atoms with Crippen molar-refractivity contribution in [1.29, 1.82) is 0 Å². The third-order valence-electron chi connectivity index (χ3n) is 1.69. The van der Waals surface area contributed by atoms with E-state index in [2.05, 4.69) is 0 Å². The quantitative estimate of drug-likeness (QED) is 0.750. The maximum Gasteiger partial charge on any atom is 0.305 e. The molecule has 0 saturated carbocycles. The Bertz CT molecular complexity index is 282. The maximum atomic E-state index is 10.3. The van der Waals surface area contributed by atoms with E-state index in [0.29, 0.717) is 0 Å². The van der Waals surface area contributed by atoms with Gasteiger partial charge in [0.25, 0.3) is 0 Å². The molecule has 0 unspecified atom stereocenters. The van der Waals surface area contributed by atoms with E-state index in [1.54, 1.807) is 11.3 Å². The normalized spacial score (nSPS) is 12.8. The maximum absolute atomic E-state index is 10.3. The summed E-state index contributed by atoms with van der Waals surface area (Å²) < 4.78 is 0. The van der Waals surface area contributed by atoms with Crippen LogP contribution in [-0.4, -0.2) is 11.1 Å². The number of aryl methyl sites for hydroxylation is 1. The van der Waals surface area contributed by atoms with Gasteiger partial charge in [-0.25, -0.2) is 0 Å². The summed E-state index contributed by atoms with van der Waals surface area (Å²) >= 11 is 1.59. The smallest absolute Gasteiger partial charge is 0.305 e. The van der Waals surface area contributed by atoms with Crippen LogP contribution in [0.3, 0.4) is 0 Å². The number of rotatable bonds is 3. The van der Waals surface area contributed by atoms with Gasteiger partial charge in [-0.2, -0.15) is 0 Å². The van der Waals surface area contributed by atoms with E-state index in [4.69, 9.17) is 10.8 Å². The van der Waals surface area contributed by atoms with Gasteiger partial charge in [-0.1, -0.05) is 0 Å². The molecule has 0 spiro atoms. The highest BCUT2D eigenvalue weighted by Crippen LogP contribution is 2.22. The minimum atomic E-state index is -0.854. The minimum Gasteiger partial charge on any atom is -0.481 e. The highest BCUT2D eigenvalue weighted by atomic mass is 32.1. The van der Waals surface area contributed by atoms with Crippen LogP contribution in [0.5, 0.6) is 0 Å². The Labute approximate surface area is 74.8 Å². The average Bonchev–Trinajstić information content (AvgIpc) is 2.33. The van der Waals surface area contributed by atoms with Crippen LogP contribution in [0.15, 0.2) is 11.4 Å². The Morgan fingerprint density at radius 1 is 1.83 bits per heavy atom. The lowest BCUT2D eigenvalue weighted by Gasteiger charge is -2.07. The highest BCUT2D eigenvalue weighted by Gasteiger charge is 2.12. The molecule has 0 amide bonds. The molecule has 1 rings (SSSR count). The minimum absolute atomic E-state index is 0.00241. The van der Waals surface area contributed by atoms with Crippen molar-refractivity contribution < 1.29 is 9.90 Å². The first kappa shape index (κ1) is 9.22. The monoisotopic (exact) mass is 185 g/mol. The van der Waals surface area contributed by atoms with Gasteiger partial charge in [0.05, 0.1) is 6.42 Å². The molecular weight excluding hydrogens is 174 g/mol. The third-order valence-corrected chi connectivity index (χ3v) is 2.55. The van der Waals surface area contributed by atoms with Gasteiger partial charge >= 0.3 is 5.97 Å². The van der Waals surface area contributed by atoms with Crippen LogP contribution in [0.25, 0.3) is 0 Å². The van der Waals surface area contributed by atoms with Gasteiger partial charge in [0.2, 0.25) is 0 Å². The van der Waals surface area contributed by atoms with Crippen LogP contribution in [0.4, 0.5) is 0 Å². The van der Waals surface area contributed by atoms with Gasteiger partial charge in [-0.3, -0.25) is 4.79 Å². The Hall–Kier alpha value is -0.870. The lowest BCUT2D eigenvalue weighted by molar-refractivity contribution is -0.137. The van der Waals surface area contributed by atoms with E-state index in [1.807, 2.05) is 18.4 Å². The number of aliphatic carboxylic acids is 1. The first-order valence-electron chi connectivity index (χ1n) is 3.62. The number of carboxylic acid groups (broad SMARTS) is 1. The lowest BCUT2D eigenvalue weighted by Crippen LogP contribution is -2.14. The largest absolute Gasteiger partial charge is 0.481 e. The molecule has 3 nitrogen and oxygen atoms in total. The van der Waals surface area contributed by atoms with Crippen molar-refractivity contribution >= 4 is 17.3 Å². The van der Waals surface area contributed by atoms with Crippen molar-refractivity contribution in [1.82, 2.24) is 0 Å². The van der Waals surface area contributed by atoms with E-state index in [-0.39, 0.29) is 12.5 Å². The second-order valence-electron chi connectivity index (χ2n) is 2.64. The summed E-state index contributed by atoms with van der Waals surface area (Å²) in [5.74, 6) is -0.854. The molecule has 1 aromatic rings. The van der Waals surface area contributed by atoms with Crippen LogP contribution in [0.1, 0.15) is 22.9 Å². The van der Waals surface area contributed by atoms with E-state index in [9.17, 15) is 4.79 Å². The summed E-state index contributed by atoms with van der Waals surface area (Å²) in [7, 11) is 0. The highest BCUT2D eigenvalue weighted by molar-refractivity contribution is 7.10. The Morgan fingerprint density at radius 2 is 2.50 bits per heavy atom. The van der Waals surface area contributed by atoms with E-state index >= 15 is 0 Å². The third kappa shape index (κ3) is 2.06. The van der Waals surface area contributed by atoms with E-state index in [1.165, 1.54) is 0 Å². The molecule has 0 aromatic carbocycles. The fourth-order valence-corrected chi connectivity index (χ4v) is 1.85. The first-order valence-corrected chi connectivity index (χ1v) is 4.50. The SMILES string of the molecule is Cc1sccc1[C@@H](N)CC(=O)O. The number of hydrogen-bond acceptors (Lipinski definition) is 3. The number of thiophene rings is 1. The second kappa shape index (κ2) is 3.69. The van der Waals surface area contributed by atoms with Crippen molar-refractivity contribution in [3.8, 4) is 0 Å². The van der Waals surface area contributed by atoms with Crippen LogP contribution >= 0.6 is 11.3 Å². The molecule has 66 valence electrons. The fraction of sp³-hybridized carbons (Fsp3) is 0.375. The van der Waals surface area contributed by atoms with Crippen molar-refractivity contribution in [2.45, 2.75) is 19.4 Å². The summed E-state index contributed by atoms with van der Waals surface area (Å²) in [5, 5.41) is 10.4. The van der Waals surface area contributed by atoms with Gasteiger partial charge in [0, 0.05) is 10.9 Å². The predicted molar refractivity (Wildman–Crippen MR) is 48.2 cm³/mol. The van der Waals surface area contributed by atoms with Gasteiger partial charge in [0.1, 0.15) is 0 Å². The van der Waals surface area contributed by atoms with Gasteiger partial charge in [0.15, 0.2) is 0 Å². The molecule has 4 heteroatoms. The fourth-order valence-electron chi connectivity index (χ4n) is 1.08. The Balaban J connectivity index is 2.71. The zero-order valence-corrected chi connectivity index (χ0v) is 7.60. The molecular formula is C8H11NO2S. The van der Waals surface area contributed by atoms with Crippen LogP contribution in [0, 0.1) is 6.92 Å². The molecule has 0 radical (unpaired) electrons. The van der Waals surface area contributed by atoms with E-state index < -0.39 is 5.97 Å². The average molecular weight is 185 g/mol. The second-order valence-corrected chi connectivity index (χ2v) is 3.76. The van der Waals surface area contributed by atoms with Crippen molar-refractivity contribution in [3.63, 3.8) is 0 Å². The number of hydrogen-bond donors (Lipinski definition) is 2. The predicted octanol–water partition coefficient (Wildman–Crippen LogP) is 1.53. The van der Waals surface area contributed by atoms with Crippen molar-refractivity contribution in [2.75, 3.05) is 0 Å². The molecule has 0 saturated heterocycles. The number of carbonyl (C=O) groups is 1. The van der Waals surface area contributed by atoms with Crippen LogP contribution in [0.2, 0.25) is 0 Å². The van der Waals surface area contributed by atoms with Crippen molar-refractivity contribution in [3.05, 3.63) is 21.9 Å². The number of nitrogens with two attached hydrogens (primary N) is 1. The topological polar surface area (TPSA) is 63.3 Å². The molecule has 12 heavy (non-hydrogen) atoms. The molecule has 0 fully saturated rings. The molecule has 0 aliphatic heterocycles. The first-order chi connectivity index (χ1) is 5.61. The lowest BCUT2D eigenvalue weighted by atomic mass is 10.1. The van der Waals surface area contributed by atoms with Gasteiger partial charge < -0.3 is 10.8 Å². The molecule has 3 N–H and O–H groups in total. The molecule has 1 atom stereocenters. The molecule has 1 heterocycles. The summed E-state index contributed by atoms with van der Waals surface area (Å²) in [6, 6.07) is 1.52. The molecule has 0 bridgehead atoms. The standard InChI is InChI=1S/C8H11NO2S/c1-5-6(2-3-12-5)7(9)4-8(10)11/h2-3,7H,4,9H2,1H3,(H,10,11)/t7-/m0/s1. The zero-order valence-electron chi connectivity index (χ0n) is 6.78. The zero-order chi connectivity index (χ0) is 9.14. The van der Waals surface area contributed by atoms with Crippen LogP contribution in [-0.2, 0) is 4.79 Å². The van der Waals surface area contributed by atoms with Gasteiger partial charge in [-0.05, 0) is 23.9 Å². The molecule has 0 aliphatic rings.